The summed E-state index contributed by atoms with van der Waals surface area (Å²) in [5.74, 6) is 0.0440. The number of likely N-dealkylation sites (tertiary alicyclic amines) is 1. The number of aryl methyl sites for hydroxylation is 1. The summed E-state index contributed by atoms with van der Waals surface area (Å²) in [6, 6.07) is 7.61. The van der Waals surface area contributed by atoms with Crippen molar-refractivity contribution in [2.45, 2.75) is 38.8 Å². The third-order valence-corrected chi connectivity index (χ3v) is 4.63. The van der Waals surface area contributed by atoms with E-state index in [9.17, 15) is 9.59 Å². The van der Waals surface area contributed by atoms with Gasteiger partial charge in [0, 0.05) is 24.4 Å². The summed E-state index contributed by atoms with van der Waals surface area (Å²) in [6.45, 7) is 5.70. The first kappa shape index (κ1) is 16.6. The van der Waals surface area contributed by atoms with Crippen LogP contribution in [0.15, 0.2) is 35.3 Å². The Balaban J connectivity index is 1.61. The normalized spacial score (nSPS) is 18.6. The first-order valence-corrected chi connectivity index (χ1v) is 8.64. The summed E-state index contributed by atoms with van der Waals surface area (Å²) in [5, 5.41) is 7.93. The Morgan fingerprint density at radius 2 is 2.21 bits per heavy atom. The van der Waals surface area contributed by atoms with E-state index in [2.05, 4.69) is 22.2 Å². The SMILES string of the molecule is CCN1CCCC(NC(=O)CCn2ncc(=O)c3ccccc32)C1. The fourth-order valence-electron chi connectivity index (χ4n) is 3.31. The van der Waals surface area contributed by atoms with Gasteiger partial charge in [-0.1, -0.05) is 19.1 Å². The Morgan fingerprint density at radius 3 is 3.04 bits per heavy atom. The van der Waals surface area contributed by atoms with Gasteiger partial charge in [-0.2, -0.15) is 5.10 Å². The molecule has 1 atom stereocenters. The molecule has 1 unspecified atom stereocenters. The number of nitrogens with zero attached hydrogens (tertiary/aromatic N) is 3. The molecule has 0 aliphatic carbocycles. The van der Waals surface area contributed by atoms with Gasteiger partial charge in [-0.25, -0.2) is 0 Å². The topological polar surface area (TPSA) is 67.2 Å². The van der Waals surface area contributed by atoms with Crippen molar-refractivity contribution < 1.29 is 4.79 Å². The Morgan fingerprint density at radius 1 is 1.38 bits per heavy atom. The van der Waals surface area contributed by atoms with E-state index in [0.717, 1.165) is 38.0 Å². The van der Waals surface area contributed by atoms with Crippen LogP contribution >= 0.6 is 0 Å². The van der Waals surface area contributed by atoms with Crippen LogP contribution in [0.1, 0.15) is 26.2 Å². The Hall–Kier alpha value is -2.21. The average Bonchev–Trinajstić information content (AvgIpc) is 2.61. The Bertz CT molecular complexity index is 771. The molecule has 0 saturated carbocycles. The zero-order chi connectivity index (χ0) is 16.9. The van der Waals surface area contributed by atoms with Gasteiger partial charge in [-0.05, 0) is 38.1 Å². The average molecular weight is 328 g/mol. The molecule has 2 heterocycles. The Kier molecular flexibility index (Phi) is 5.25. The maximum Gasteiger partial charge on any atom is 0.222 e. The van der Waals surface area contributed by atoms with Crippen LogP contribution in [-0.4, -0.2) is 46.3 Å². The lowest BCUT2D eigenvalue weighted by molar-refractivity contribution is -0.122. The maximum absolute atomic E-state index is 12.3. The fourth-order valence-corrected chi connectivity index (χ4v) is 3.31. The predicted octanol–water partition coefficient (Wildman–Crippen LogP) is 1.39. The van der Waals surface area contributed by atoms with Crippen LogP contribution in [0.2, 0.25) is 0 Å². The lowest BCUT2D eigenvalue weighted by atomic mass is 10.1. The van der Waals surface area contributed by atoms with Crippen LogP contribution in [0.4, 0.5) is 0 Å². The fraction of sp³-hybridized carbons (Fsp3) is 0.500. The highest BCUT2D eigenvalue weighted by Gasteiger charge is 2.20. The quantitative estimate of drug-likeness (QED) is 0.901. The van der Waals surface area contributed by atoms with E-state index in [4.69, 9.17) is 0 Å². The molecule has 1 aromatic heterocycles. The van der Waals surface area contributed by atoms with Gasteiger partial charge in [0.2, 0.25) is 11.3 Å². The lowest BCUT2D eigenvalue weighted by Crippen LogP contribution is -2.47. The Labute approximate surface area is 141 Å². The zero-order valence-electron chi connectivity index (χ0n) is 14.1. The number of para-hydroxylation sites is 1. The summed E-state index contributed by atoms with van der Waals surface area (Å²) in [7, 11) is 0. The van der Waals surface area contributed by atoms with E-state index >= 15 is 0 Å². The highest BCUT2D eigenvalue weighted by molar-refractivity contribution is 5.79. The highest BCUT2D eigenvalue weighted by Crippen LogP contribution is 2.11. The monoisotopic (exact) mass is 328 g/mol. The molecule has 1 saturated heterocycles. The second-order valence-corrected chi connectivity index (χ2v) is 6.30. The number of rotatable bonds is 5. The van der Waals surface area contributed by atoms with E-state index in [1.807, 2.05) is 18.2 Å². The molecule has 6 heteroatoms. The van der Waals surface area contributed by atoms with Crippen molar-refractivity contribution in [1.29, 1.82) is 0 Å². The van der Waals surface area contributed by atoms with E-state index < -0.39 is 0 Å². The van der Waals surface area contributed by atoms with Gasteiger partial charge in [0.25, 0.3) is 0 Å². The minimum absolute atomic E-state index is 0.0440. The number of carbonyl (C=O) groups is 1. The van der Waals surface area contributed by atoms with Gasteiger partial charge in [0.1, 0.15) is 0 Å². The van der Waals surface area contributed by atoms with Crippen molar-refractivity contribution in [3.05, 3.63) is 40.7 Å². The standard InChI is InChI=1S/C18H24N4O2/c1-2-21-10-5-6-14(13-21)20-18(24)9-11-22-16-8-4-3-7-15(16)17(23)12-19-22/h3-4,7-8,12,14H,2,5-6,9-11,13H2,1H3,(H,20,24). The largest absolute Gasteiger partial charge is 0.352 e. The molecule has 1 N–H and O–H groups in total. The second-order valence-electron chi connectivity index (χ2n) is 6.30. The number of hydrogen-bond donors (Lipinski definition) is 1. The molecule has 1 aliphatic heterocycles. The molecule has 128 valence electrons. The van der Waals surface area contributed by atoms with Crippen molar-refractivity contribution in [3.8, 4) is 0 Å². The number of amides is 1. The zero-order valence-corrected chi connectivity index (χ0v) is 14.1. The minimum atomic E-state index is -0.0897. The van der Waals surface area contributed by atoms with Crippen LogP contribution in [0, 0.1) is 0 Å². The smallest absolute Gasteiger partial charge is 0.222 e. The van der Waals surface area contributed by atoms with Crippen LogP contribution in [0.5, 0.6) is 0 Å². The van der Waals surface area contributed by atoms with Crippen molar-refractivity contribution in [3.63, 3.8) is 0 Å². The van der Waals surface area contributed by atoms with Crippen LogP contribution < -0.4 is 10.7 Å². The van der Waals surface area contributed by atoms with Gasteiger partial charge in [-0.15, -0.1) is 0 Å². The third kappa shape index (κ3) is 3.82. The van der Waals surface area contributed by atoms with E-state index in [-0.39, 0.29) is 17.4 Å². The molecule has 1 fully saturated rings. The molecule has 2 aromatic rings. The van der Waals surface area contributed by atoms with E-state index in [1.165, 1.54) is 6.20 Å². The molecule has 24 heavy (non-hydrogen) atoms. The van der Waals surface area contributed by atoms with Gasteiger partial charge in [0.15, 0.2) is 0 Å². The van der Waals surface area contributed by atoms with Gasteiger partial charge < -0.3 is 10.2 Å². The predicted molar refractivity (Wildman–Crippen MR) is 93.9 cm³/mol. The summed E-state index contributed by atoms with van der Waals surface area (Å²) in [6.07, 6.45) is 3.86. The second kappa shape index (κ2) is 7.57. The van der Waals surface area contributed by atoms with E-state index in [0.29, 0.717) is 18.4 Å². The molecular weight excluding hydrogens is 304 g/mol. The number of carbonyl (C=O) groups excluding carboxylic acids is 1. The number of nitrogens with one attached hydrogen (secondary N) is 1. The molecular formula is C18H24N4O2. The van der Waals surface area contributed by atoms with Crippen LogP contribution in [-0.2, 0) is 11.3 Å². The van der Waals surface area contributed by atoms with Crippen LogP contribution in [0.3, 0.4) is 0 Å². The van der Waals surface area contributed by atoms with Gasteiger partial charge in [0.05, 0.1) is 18.3 Å². The molecule has 0 radical (unpaired) electrons. The summed E-state index contributed by atoms with van der Waals surface area (Å²) in [5.41, 5.74) is 0.681. The number of aromatic nitrogens is 2. The number of benzene rings is 1. The van der Waals surface area contributed by atoms with Gasteiger partial charge in [-0.3, -0.25) is 14.3 Å². The molecule has 3 rings (SSSR count). The van der Waals surface area contributed by atoms with Crippen molar-refractivity contribution in [2.75, 3.05) is 19.6 Å². The third-order valence-electron chi connectivity index (χ3n) is 4.63. The minimum Gasteiger partial charge on any atom is -0.352 e. The van der Waals surface area contributed by atoms with Crippen molar-refractivity contribution in [1.82, 2.24) is 20.0 Å². The first-order valence-electron chi connectivity index (χ1n) is 8.64. The number of piperidine rings is 1. The van der Waals surface area contributed by atoms with Crippen LogP contribution in [0.25, 0.3) is 10.9 Å². The molecule has 0 bridgehead atoms. The first-order chi connectivity index (χ1) is 11.7. The molecule has 1 aromatic carbocycles. The molecule has 0 spiro atoms. The lowest BCUT2D eigenvalue weighted by Gasteiger charge is -2.32. The molecule has 1 amide bonds. The summed E-state index contributed by atoms with van der Waals surface area (Å²) >= 11 is 0. The molecule has 1 aliphatic rings. The number of hydrogen-bond acceptors (Lipinski definition) is 4. The maximum atomic E-state index is 12.3. The molecule has 6 nitrogen and oxygen atoms in total. The van der Waals surface area contributed by atoms with Crippen molar-refractivity contribution >= 4 is 16.8 Å². The highest BCUT2D eigenvalue weighted by atomic mass is 16.1. The van der Waals surface area contributed by atoms with E-state index in [1.54, 1.807) is 10.7 Å². The summed E-state index contributed by atoms with van der Waals surface area (Å²) < 4.78 is 1.73. The van der Waals surface area contributed by atoms with Crippen molar-refractivity contribution in [2.24, 2.45) is 0 Å². The summed E-state index contributed by atoms with van der Waals surface area (Å²) in [4.78, 5) is 26.4. The number of fused-ring (bicyclic) bond motifs is 1. The number of likely N-dealkylation sites (N-methyl/N-ethyl adjacent to an activating group) is 1. The van der Waals surface area contributed by atoms with Gasteiger partial charge >= 0.3 is 0 Å².